The van der Waals surface area contributed by atoms with Crippen molar-refractivity contribution < 1.29 is 4.39 Å². The van der Waals surface area contributed by atoms with Crippen LogP contribution in [-0.4, -0.2) is 12.4 Å². The van der Waals surface area contributed by atoms with E-state index < -0.39 is 0 Å². The minimum Gasteiger partial charge on any atom is -0.385 e. The zero-order valence-corrected chi connectivity index (χ0v) is 7.94. The molecular formula is C10H12FN3. The van der Waals surface area contributed by atoms with Gasteiger partial charge in [0.25, 0.3) is 0 Å². The van der Waals surface area contributed by atoms with Crippen LogP contribution in [0.15, 0.2) is 29.4 Å². The molecule has 14 heavy (non-hydrogen) atoms. The Morgan fingerprint density at radius 3 is 2.79 bits per heavy atom. The van der Waals surface area contributed by atoms with Gasteiger partial charge in [-0.05, 0) is 12.1 Å². The molecule has 3 nitrogen and oxygen atoms in total. The fourth-order valence-corrected chi connectivity index (χ4v) is 1.44. The van der Waals surface area contributed by atoms with E-state index in [1.165, 1.54) is 6.07 Å². The van der Waals surface area contributed by atoms with E-state index >= 15 is 0 Å². The van der Waals surface area contributed by atoms with Gasteiger partial charge in [-0.2, -0.15) is 5.10 Å². The van der Waals surface area contributed by atoms with Crippen LogP contribution in [0.3, 0.4) is 0 Å². The molecule has 2 N–H and O–H groups in total. The molecule has 1 aromatic carbocycles. The van der Waals surface area contributed by atoms with Crippen LogP contribution in [0, 0.1) is 11.7 Å². The highest BCUT2D eigenvalue weighted by Gasteiger charge is 2.22. The third-order valence-corrected chi connectivity index (χ3v) is 2.32. The summed E-state index contributed by atoms with van der Waals surface area (Å²) in [5.41, 5.74) is 6.13. The molecule has 1 aliphatic heterocycles. The van der Waals surface area contributed by atoms with Crippen molar-refractivity contribution in [1.29, 1.82) is 0 Å². The van der Waals surface area contributed by atoms with Crippen LogP contribution in [0.4, 0.5) is 10.1 Å². The largest absolute Gasteiger partial charge is 0.385 e. The summed E-state index contributed by atoms with van der Waals surface area (Å²) in [4.78, 5) is 0. The van der Waals surface area contributed by atoms with Crippen LogP contribution in [0.1, 0.15) is 6.92 Å². The van der Waals surface area contributed by atoms with Crippen molar-refractivity contribution in [2.75, 3.05) is 11.6 Å². The van der Waals surface area contributed by atoms with Crippen LogP contribution in [0.2, 0.25) is 0 Å². The molecule has 0 aromatic heterocycles. The fraction of sp³-hybridized carbons (Fsp3) is 0.300. The number of hydrogen-bond acceptors (Lipinski definition) is 3. The van der Waals surface area contributed by atoms with E-state index in [1.54, 1.807) is 23.2 Å². The Bertz CT molecular complexity index is 375. The predicted molar refractivity (Wildman–Crippen MR) is 54.5 cm³/mol. The van der Waals surface area contributed by atoms with Crippen LogP contribution < -0.4 is 10.7 Å². The molecule has 0 aliphatic carbocycles. The lowest BCUT2D eigenvalue weighted by Crippen LogP contribution is -2.20. The van der Waals surface area contributed by atoms with E-state index in [-0.39, 0.29) is 11.7 Å². The van der Waals surface area contributed by atoms with Crippen LogP contribution in [0.25, 0.3) is 0 Å². The summed E-state index contributed by atoms with van der Waals surface area (Å²) in [6.45, 7) is 2.62. The van der Waals surface area contributed by atoms with Gasteiger partial charge in [-0.1, -0.05) is 19.1 Å². The van der Waals surface area contributed by atoms with E-state index in [4.69, 9.17) is 5.73 Å². The molecule has 0 saturated heterocycles. The van der Waals surface area contributed by atoms with E-state index in [1.807, 2.05) is 6.92 Å². The smallest absolute Gasteiger partial charge is 0.148 e. The molecule has 1 atom stereocenters. The number of hydrazone groups is 1. The van der Waals surface area contributed by atoms with Crippen molar-refractivity contribution in [2.24, 2.45) is 16.8 Å². The van der Waals surface area contributed by atoms with Gasteiger partial charge in [0.2, 0.25) is 0 Å². The molecule has 74 valence electrons. The number of benzene rings is 1. The van der Waals surface area contributed by atoms with E-state index in [0.29, 0.717) is 18.1 Å². The molecule has 4 heteroatoms. The Hall–Kier alpha value is -1.58. The molecular weight excluding hydrogens is 181 g/mol. The zero-order chi connectivity index (χ0) is 10.1. The first kappa shape index (κ1) is 8.99. The Morgan fingerprint density at radius 2 is 2.21 bits per heavy atom. The first-order valence-corrected chi connectivity index (χ1v) is 4.54. The first-order chi connectivity index (χ1) is 6.68. The number of halogens is 1. The number of hydrogen-bond donors (Lipinski definition) is 1. The third kappa shape index (κ3) is 1.43. The highest BCUT2D eigenvalue weighted by atomic mass is 19.1. The molecule has 1 unspecified atom stereocenters. The highest BCUT2D eigenvalue weighted by Crippen LogP contribution is 2.23. The van der Waals surface area contributed by atoms with Gasteiger partial charge in [0.15, 0.2) is 0 Å². The topological polar surface area (TPSA) is 41.6 Å². The standard InChI is InChI=1S/C10H12FN3/c1-7-6-14(13-10(7)12)9-5-3-2-4-8(9)11/h2-5,7H,6H2,1H3,(H2,12,13). The third-order valence-electron chi connectivity index (χ3n) is 2.32. The van der Waals surface area contributed by atoms with Crippen molar-refractivity contribution in [3.8, 4) is 0 Å². The Balaban J connectivity index is 2.30. The Kier molecular flexibility index (Phi) is 2.11. The molecule has 0 saturated carbocycles. The van der Waals surface area contributed by atoms with Gasteiger partial charge in [0.1, 0.15) is 11.7 Å². The van der Waals surface area contributed by atoms with Crippen LogP contribution in [-0.2, 0) is 0 Å². The lowest BCUT2D eigenvalue weighted by molar-refractivity contribution is 0.618. The van der Waals surface area contributed by atoms with Crippen molar-refractivity contribution in [3.05, 3.63) is 30.1 Å². The maximum Gasteiger partial charge on any atom is 0.148 e. The average Bonchev–Trinajstić information content (AvgIpc) is 2.48. The number of amidine groups is 1. The van der Waals surface area contributed by atoms with Gasteiger partial charge in [-0.25, -0.2) is 4.39 Å². The number of anilines is 1. The Labute approximate surface area is 82.0 Å². The monoisotopic (exact) mass is 193 g/mol. The van der Waals surface area contributed by atoms with Gasteiger partial charge < -0.3 is 5.73 Å². The van der Waals surface area contributed by atoms with Gasteiger partial charge >= 0.3 is 0 Å². The first-order valence-electron chi connectivity index (χ1n) is 4.54. The second-order valence-electron chi connectivity index (χ2n) is 3.46. The molecule has 0 bridgehead atoms. The minimum absolute atomic E-state index is 0.189. The van der Waals surface area contributed by atoms with Crippen LogP contribution >= 0.6 is 0 Å². The molecule has 1 aliphatic rings. The summed E-state index contributed by atoms with van der Waals surface area (Å²) < 4.78 is 13.3. The number of rotatable bonds is 1. The molecule has 0 radical (unpaired) electrons. The van der Waals surface area contributed by atoms with E-state index in [9.17, 15) is 4.39 Å². The second-order valence-corrected chi connectivity index (χ2v) is 3.46. The lowest BCUT2D eigenvalue weighted by atomic mass is 10.2. The summed E-state index contributed by atoms with van der Waals surface area (Å²) in [6.07, 6.45) is 0. The zero-order valence-electron chi connectivity index (χ0n) is 7.94. The maximum atomic E-state index is 13.3. The van der Waals surface area contributed by atoms with Crippen LogP contribution in [0.5, 0.6) is 0 Å². The highest BCUT2D eigenvalue weighted by molar-refractivity contribution is 5.86. The number of nitrogens with zero attached hydrogens (tertiary/aromatic N) is 2. The molecule has 0 spiro atoms. The number of nitrogens with two attached hydrogens (primary N) is 1. The SMILES string of the molecule is CC1CN(c2ccccc2F)N=C1N. The summed E-state index contributed by atoms with van der Waals surface area (Å²) >= 11 is 0. The van der Waals surface area contributed by atoms with E-state index in [2.05, 4.69) is 5.10 Å². The van der Waals surface area contributed by atoms with E-state index in [0.717, 1.165) is 0 Å². The summed E-state index contributed by atoms with van der Waals surface area (Å²) in [5, 5.41) is 5.69. The van der Waals surface area contributed by atoms with Gasteiger partial charge in [-0.15, -0.1) is 0 Å². The lowest BCUT2D eigenvalue weighted by Gasteiger charge is -2.14. The van der Waals surface area contributed by atoms with Gasteiger partial charge in [0, 0.05) is 5.92 Å². The predicted octanol–water partition coefficient (Wildman–Crippen LogP) is 1.55. The molecule has 1 heterocycles. The summed E-state index contributed by atoms with van der Waals surface area (Å²) in [7, 11) is 0. The maximum absolute atomic E-state index is 13.3. The average molecular weight is 193 g/mol. The quantitative estimate of drug-likeness (QED) is 0.735. The second kappa shape index (κ2) is 3.29. The van der Waals surface area contributed by atoms with Crippen molar-refractivity contribution in [1.82, 2.24) is 0 Å². The Morgan fingerprint density at radius 1 is 1.50 bits per heavy atom. The van der Waals surface area contributed by atoms with Crippen molar-refractivity contribution in [3.63, 3.8) is 0 Å². The van der Waals surface area contributed by atoms with Crippen molar-refractivity contribution >= 4 is 11.5 Å². The van der Waals surface area contributed by atoms with Gasteiger partial charge in [-0.3, -0.25) is 5.01 Å². The normalized spacial score (nSPS) is 21.1. The summed E-state index contributed by atoms with van der Waals surface area (Å²) in [6, 6.07) is 6.56. The van der Waals surface area contributed by atoms with Gasteiger partial charge in [0.05, 0.1) is 12.2 Å². The minimum atomic E-state index is -0.266. The molecule has 0 fully saturated rings. The number of para-hydroxylation sites is 1. The fourth-order valence-electron chi connectivity index (χ4n) is 1.44. The molecule has 2 rings (SSSR count). The molecule has 0 amide bonds. The molecule has 1 aromatic rings. The summed E-state index contributed by atoms with van der Waals surface area (Å²) in [5.74, 6) is 0.487. The van der Waals surface area contributed by atoms with Crippen molar-refractivity contribution in [2.45, 2.75) is 6.92 Å².